The third-order valence-electron chi connectivity index (χ3n) is 3.22. The number of rotatable bonds is 4. The monoisotopic (exact) mass is 263 g/mol. The summed E-state index contributed by atoms with van der Waals surface area (Å²) in [7, 11) is 0. The Bertz CT molecular complexity index is 546. The van der Waals surface area contributed by atoms with Crippen LogP contribution in [0.4, 0.5) is 0 Å². The van der Waals surface area contributed by atoms with Gasteiger partial charge in [0.05, 0.1) is 5.69 Å². The fraction of sp³-hybridized carbons (Fsp3) is 0.429. The molecule has 0 radical (unpaired) electrons. The largest absolute Gasteiger partial charge is 0.253 e. The SMILES string of the molecule is CCn1cc(CCc2cc(C)c(C)cc2Cl)nn1. The summed E-state index contributed by atoms with van der Waals surface area (Å²) in [5, 5.41) is 9.02. The molecule has 0 saturated heterocycles. The van der Waals surface area contributed by atoms with E-state index < -0.39 is 0 Å². The van der Waals surface area contributed by atoms with Gasteiger partial charge in [-0.1, -0.05) is 22.9 Å². The highest BCUT2D eigenvalue weighted by atomic mass is 35.5. The van der Waals surface area contributed by atoms with Crippen LogP contribution in [0, 0.1) is 13.8 Å². The van der Waals surface area contributed by atoms with Crippen molar-refractivity contribution in [1.82, 2.24) is 15.0 Å². The molecule has 0 N–H and O–H groups in total. The van der Waals surface area contributed by atoms with Gasteiger partial charge in [-0.2, -0.15) is 0 Å². The van der Waals surface area contributed by atoms with Crippen LogP contribution in [0.15, 0.2) is 18.3 Å². The standard InChI is InChI=1S/C14H18ClN3/c1-4-18-9-13(16-17-18)6-5-12-7-10(2)11(3)8-14(12)15/h7-9H,4-6H2,1-3H3. The number of hydrogen-bond donors (Lipinski definition) is 0. The normalized spacial score (nSPS) is 10.9. The van der Waals surface area contributed by atoms with Crippen molar-refractivity contribution in [2.24, 2.45) is 0 Å². The molecule has 0 unspecified atom stereocenters. The smallest absolute Gasteiger partial charge is 0.0830 e. The Morgan fingerprint density at radius 1 is 1.17 bits per heavy atom. The van der Waals surface area contributed by atoms with Crippen LogP contribution in [0.5, 0.6) is 0 Å². The van der Waals surface area contributed by atoms with E-state index >= 15 is 0 Å². The van der Waals surface area contributed by atoms with E-state index in [2.05, 4.69) is 37.1 Å². The molecule has 0 fully saturated rings. The fourth-order valence-electron chi connectivity index (χ4n) is 1.90. The highest BCUT2D eigenvalue weighted by Gasteiger charge is 2.06. The summed E-state index contributed by atoms with van der Waals surface area (Å²) in [5.41, 5.74) is 4.73. The summed E-state index contributed by atoms with van der Waals surface area (Å²) in [6.45, 7) is 7.11. The molecule has 0 amide bonds. The molecule has 4 heteroatoms. The molecule has 0 bridgehead atoms. The van der Waals surface area contributed by atoms with Crippen molar-refractivity contribution in [3.8, 4) is 0 Å². The molecule has 18 heavy (non-hydrogen) atoms. The van der Waals surface area contributed by atoms with Gasteiger partial charge in [-0.15, -0.1) is 5.10 Å². The first-order chi connectivity index (χ1) is 8.60. The minimum absolute atomic E-state index is 0.848. The topological polar surface area (TPSA) is 30.7 Å². The van der Waals surface area contributed by atoms with Crippen LogP contribution in [0.1, 0.15) is 29.3 Å². The van der Waals surface area contributed by atoms with E-state index in [1.807, 2.05) is 16.9 Å². The van der Waals surface area contributed by atoms with Crippen molar-refractivity contribution >= 4 is 11.6 Å². The van der Waals surface area contributed by atoms with Crippen molar-refractivity contribution in [3.05, 3.63) is 45.7 Å². The zero-order chi connectivity index (χ0) is 13.1. The summed E-state index contributed by atoms with van der Waals surface area (Å²) < 4.78 is 1.84. The Morgan fingerprint density at radius 2 is 1.89 bits per heavy atom. The van der Waals surface area contributed by atoms with Crippen molar-refractivity contribution < 1.29 is 0 Å². The van der Waals surface area contributed by atoms with Crippen LogP contribution in [0.3, 0.4) is 0 Å². The molecule has 1 aromatic heterocycles. The number of aromatic nitrogens is 3. The summed E-state index contributed by atoms with van der Waals surface area (Å²) in [5.74, 6) is 0. The number of aryl methyl sites for hydroxylation is 5. The van der Waals surface area contributed by atoms with Crippen LogP contribution in [0.2, 0.25) is 5.02 Å². The predicted octanol–water partition coefficient (Wildman–Crippen LogP) is 3.35. The molecule has 0 saturated carbocycles. The van der Waals surface area contributed by atoms with E-state index in [9.17, 15) is 0 Å². The number of halogens is 1. The Kier molecular flexibility index (Phi) is 4.02. The zero-order valence-corrected chi connectivity index (χ0v) is 11.8. The average molecular weight is 264 g/mol. The van der Waals surface area contributed by atoms with E-state index in [-0.39, 0.29) is 0 Å². The molecule has 0 spiro atoms. The van der Waals surface area contributed by atoms with Gasteiger partial charge in [0, 0.05) is 17.8 Å². The quantitative estimate of drug-likeness (QED) is 0.847. The molecule has 0 aliphatic rings. The number of benzene rings is 1. The third-order valence-corrected chi connectivity index (χ3v) is 3.58. The Hall–Kier alpha value is -1.35. The molecule has 1 heterocycles. The van der Waals surface area contributed by atoms with Crippen molar-refractivity contribution in [1.29, 1.82) is 0 Å². The zero-order valence-electron chi connectivity index (χ0n) is 11.1. The van der Waals surface area contributed by atoms with E-state index in [1.165, 1.54) is 16.7 Å². The maximum Gasteiger partial charge on any atom is 0.0830 e. The Balaban J connectivity index is 2.08. The van der Waals surface area contributed by atoms with E-state index in [0.717, 1.165) is 30.1 Å². The second-order valence-corrected chi connectivity index (χ2v) is 5.00. The second-order valence-electron chi connectivity index (χ2n) is 4.59. The Morgan fingerprint density at radius 3 is 2.56 bits per heavy atom. The summed E-state index contributed by atoms with van der Waals surface area (Å²) >= 11 is 6.26. The van der Waals surface area contributed by atoms with Gasteiger partial charge in [-0.05, 0) is 56.4 Å². The first kappa shape index (κ1) is 13.1. The van der Waals surface area contributed by atoms with Crippen molar-refractivity contribution in [2.45, 2.75) is 40.2 Å². The summed E-state index contributed by atoms with van der Waals surface area (Å²) in [4.78, 5) is 0. The van der Waals surface area contributed by atoms with Crippen LogP contribution in [-0.2, 0) is 19.4 Å². The maximum atomic E-state index is 6.26. The lowest BCUT2D eigenvalue weighted by molar-refractivity contribution is 0.626. The van der Waals surface area contributed by atoms with E-state index in [1.54, 1.807) is 0 Å². The minimum atomic E-state index is 0.848. The van der Waals surface area contributed by atoms with E-state index in [0.29, 0.717) is 0 Å². The highest BCUT2D eigenvalue weighted by Crippen LogP contribution is 2.22. The van der Waals surface area contributed by atoms with Gasteiger partial charge >= 0.3 is 0 Å². The molecule has 1 aromatic carbocycles. The molecule has 2 rings (SSSR count). The third kappa shape index (κ3) is 2.91. The summed E-state index contributed by atoms with van der Waals surface area (Å²) in [6, 6.07) is 4.21. The van der Waals surface area contributed by atoms with Gasteiger partial charge in [-0.3, -0.25) is 4.68 Å². The molecule has 0 atom stereocenters. The van der Waals surface area contributed by atoms with Gasteiger partial charge in [0.15, 0.2) is 0 Å². The van der Waals surface area contributed by atoms with Crippen LogP contribution in [0.25, 0.3) is 0 Å². The molecule has 96 valence electrons. The minimum Gasteiger partial charge on any atom is -0.253 e. The van der Waals surface area contributed by atoms with Gasteiger partial charge in [0.25, 0.3) is 0 Å². The van der Waals surface area contributed by atoms with Gasteiger partial charge < -0.3 is 0 Å². The Labute approximate surface area is 113 Å². The van der Waals surface area contributed by atoms with Crippen LogP contribution >= 0.6 is 11.6 Å². The second kappa shape index (κ2) is 5.53. The first-order valence-corrected chi connectivity index (χ1v) is 6.62. The summed E-state index contributed by atoms with van der Waals surface area (Å²) in [6.07, 6.45) is 3.78. The molecule has 0 aliphatic heterocycles. The lowest BCUT2D eigenvalue weighted by atomic mass is 10.0. The first-order valence-electron chi connectivity index (χ1n) is 6.24. The number of hydrogen-bond acceptors (Lipinski definition) is 2. The van der Waals surface area contributed by atoms with Gasteiger partial charge in [0.1, 0.15) is 0 Å². The molecule has 3 nitrogen and oxygen atoms in total. The molecular formula is C14H18ClN3. The van der Waals surface area contributed by atoms with Crippen LogP contribution < -0.4 is 0 Å². The predicted molar refractivity (Wildman–Crippen MR) is 74.0 cm³/mol. The number of nitrogens with zero attached hydrogens (tertiary/aromatic N) is 3. The highest BCUT2D eigenvalue weighted by molar-refractivity contribution is 6.31. The van der Waals surface area contributed by atoms with Gasteiger partial charge in [-0.25, -0.2) is 0 Å². The molecule has 2 aromatic rings. The van der Waals surface area contributed by atoms with E-state index in [4.69, 9.17) is 11.6 Å². The van der Waals surface area contributed by atoms with Gasteiger partial charge in [0.2, 0.25) is 0 Å². The maximum absolute atomic E-state index is 6.26. The average Bonchev–Trinajstić information content (AvgIpc) is 2.80. The lowest BCUT2D eigenvalue weighted by Gasteiger charge is -2.07. The molecule has 0 aliphatic carbocycles. The lowest BCUT2D eigenvalue weighted by Crippen LogP contribution is -1.95. The van der Waals surface area contributed by atoms with Crippen molar-refractivity contribution in [2.75, 3.05) is 0 Å². The van der Waals surface area contributed by atoms with Crippen molar-refractivity contribution in [3.63, 3.8) is 0 Å². The molecular weight excluding hydrogens is 246 g/mol. The fourth-order valence-corrected chi connectivity index (χ4v) is 2.22. The van der Waals surface area contributed by atoms with Crippen LogP contribution in [-0.4, -0.2) is 15.0 Å².